The zero-order chi connectivity index (χ0) is 16.6. The molecule has 1 fully saturated rings. The molecule has 3 nitrogen and oxygen atoms in total. The number of fused-ring (bicyclic) bond motifs is 3. The fourth-order valence-corrected chi connectivity index (χ4v) is 4.51. The minimum Gasteiger partial charge on any atom is -0.376 e. The molecule has 4 heteroatoms. The minimum atomic E-state index is 0.337. The smallest absolute Gasteiger partial charge is 0.183 e. The van der Waals surface area contributed by atoms with Gasteiger partial charge in [-0.15, -0.1) is 11.3 Å². The Morgan fingerprint density at radius 1 is 1.12 bits per heavy atom. The molecule has 2 aromatic carbocycles. The Bertz CT molecular complexity index is 912. The molecule has 1 aliphatic carbocycles. The molecule has 0 radical (unpaired) electrons. The van der Waals surface area contributed by atoms with Crippen LogP contribution >= 0.6 is 11.3 Å². The van der Waals surface area contributed by atoms with Gasteiger partial charge in [0.1, 0.15) is 0 Å². The number of rotatable bonds is 4. The first-order valence-electron chi connectivity index (χ1n) is 8.89. The van der Waals surface area contributed by atoms with Crippen LogP contribution in [-0.2, 0) is 11.2 Å². The van der Waals surface area contributed by atoms with Crippen molar-refractivity contribution < 1.29 is 4.74 Å². The van der Waals surface area contributed by atoms with E-state index in [1.807, 2.05) is 0 Å². The van der Waals surface area contributed by atoms with Crippen molar-refractivity contribution in [2.45, 2.75) is 25.4 Å². The lowest BCUT2D eigenvalue weighted by Crippen LogP contribution is -2.18. The van der Waals surface area contributed by atoms with Crippen LogP contribution in [0.4, 0.5) is 5.13 Å². The van der Waals surface area contributed by atoms with E-state index in [1.54, 1.807) is 11.3 Å². The zero-order valence-electron chi connectivity index (χ0n) is 14.0. The highest BCUT2D eigenvalue weighted by molar-refractivity contribution is 7.14. The monoisotopic (exact) mass is 348 g/mol. The summed E-state index contributed by atoms with van der Waals surface area (Å²) in [5, 5.41) is 6.54. The van der Waals surface area contributed by atoms with Gasteiger partial charge in [-0.3, -0.25) is 0 Å². The van der Waals surface area contributed by atoms with Crippen molar-refractivity contribution in [2.75, 3.05) is 18.5 Å². The van der Waals surface area contributed by atoms with Crippen LogP contribution in [0.3, 0.4) is 0 Å². The molecule has 1 aromatic heterocycles. The van der Waals surface area contributed by atoms with E-state index in [0.29, 0.717) is 6.10 Å². The molecule has 0 unspecified atom stereocenters. The van der Waals surface area contributed by atoms with Crippen molar-refractivity contribution in [2.24, 2.45) is 0 Å². The molecule has 1 aliphatic heterocycles. The Labute approximate surface area is 151 Å². The summed E-state index contributed by atoms with van der Waals surface area (Å²) in [6, 6.07) is 15.4. The number of hydrogen-bond acceptors (Lipinski definition) is 4. The topological polar surface area (TPSA) is 34.1 Å². The lowest BCUT2D eigenvalue weighted by molar-refractivity contribution is 0.120. The molecular weight excluding hydrogens is 328 g/mol. The van der Waals surface area contributed by atoms with Crippen molar-refractivity contribution in [3.8, 4) is 22.4 Å². The van der Waals surface area contributed by atoms with E-state index in [4.69, 9.17) is 9.72 Å². The maximum atomic E-state index is 5.66. The number of thiazole rings is 1. The predicted molar refractivity (Wildman–Crippen MR) is 103 cm³/mol. The Morgan fingerprint density at radius 2 is 2.04 bits per heavy atom. The van der Waals surface area contributed by atoms with Crippen LogP contribution in [-0.4, -0.2) is 24.2 Å². The Kier molecular flexibility index (Phi) is 3.80. The van der Waals surface area contributed by atoms with Gasteiger partial charge in [-0.2, -0.15) is 0 Å². The van der Waals surface area contributed by atoms with Gasteiger partial charge in [0.05, 0.1) is 11.8 Å². The van der Waals surface area contributed by atoms with Crippen molar-refractivity contribution in [3.05, 3.63) is 59.0 Å². The second kappa shape index (κ2) is 6.28. The van der Waals surface area contributed by atoms with Gasteiger partial charge in [-0.1, -0.05) is 36.4 Å². The van der Waals surface area contributed by atoms with Gasteiger partial charge in [0.25, 0.3) is 0 Å². The van der Waals surface area contributed by atoms with Crippen LogP contribution in [0.15, 0.2) is 47.8 Å². The van der Waals surface area contributed by atoms with Crippen LogP contribution in [0.1, 0.15) is 24.0 Å². The summed E-state index contributed by atoms with van der Waals surface area (Å²) >= 11 is 1.67. The van der Waals surface area contributed by atoms with Crippen LogP contribution in [0.5, 0.6) is 0 Å². The number of anilines is 1. The van der Waals surface area contributed by atoms with Crippen LogP contribution in [0.2, 0.25) is 0 Å². The number of hydrogen-bond donors (Lipinski definition) is 1. The maximum absolute atomic E-state index is 5.66. The number of benzene rings is 2. The van der Waals surface area contributed by atoms with Gasteiger partial charge in [0, 0.05) is 24.1 Å². The molecule has 1 saturated heterocycles. The molecule has 2 aliphatic rings. The summed E-state index contributed by atoms with van der Waals surface area (Å²) in [6.45, 7) is 1.75. The number of nitrogens with zero attached hydrogens (tertiary/aromatic N) is 1. The third kappa shape index (κ3) is 2.86. The highest BCUT2D eigenvalue weighted by atomic mass is 32.1. The normalized spacial score (nSPS) is 18.2. The number of nitrogens with one attached hydrogen (secondary N) is 1. The lowest BCUT2D eigenvalue weighted by Gasteiger charge is -2.09. The second-order valence-corrected chi connectivity index (χ2v) is 7.62. The summed E-state index contributed by atoms with van der Waals surface area (Å²) in [5.41, 5.74) is 7.80. The van der Waals surface area contributed by atoms with Crippen molar-refractivity contribution in [1.29, 1.82) is 0 Å². The van der Waals surface area contributed by atoms with Gasteiger partial charge >= 0.3 is 0 Å². The molecule has 0 spiro atoms. The first-order chi connectivity index (χ1) is 12.4. The first-order valence-corrected chi connectivity index (χ1v) is 9.77. The van der Waals surface area contributed by atoms with Crippen molar-refractivity contribution in [3.63, 3.8) is 0 Å². The maximum Gasteiger partial charge on any atom is 0.183 e. The molecule has 3 aromatic rings. The second-order valence-electron chi connectivity index (χ2n) is 6.76. The SMILES string of the molecule is c1ccc2c(c1)Cc1ccc(-c3csc(NC[C@H]4CCCO4)n3)cc1-2. The van der Waals surface area contributed by atoms with Gasteiger partial charge in [0.2, 0.25) is 0 Å². The minimum absolute atomic E-state index is 0.337. The average Bonchev–Trinajstić information content (AvgIpc) is 3.38. The first kappa shape index (κ1) is 15.1. The molecule has 0 bridgehead atoms. The Balaban J connectivity index is 1.38. The fraction of sp³-hybridized carbons (Fsp3) is 0.286. The molecule has 5 rings (SSSR count). The molecule has 1 N–H and O–H groups in total. The van der Waals surface area contributed by atoms with E-state index in [0.717, 1.165) is 36.8 Å². The summed E-state index contributed by atoms with van der Waals surface area (Å²) in [5.74, 6) is 0. The largest absolute Gasteiger partial charge is 0.376 e. The van der Waals surface area contributed by atoms with Crippen molar-refractivity contribution >= 4 is 16.5 Å². The molecule has 1 atom stereocenters. The van der Waals surface area contributed by atoms with E-state index in [9.17, 15) is 0 Å². The third-order valence-electron chi connectivity index (χ3n) is 5.10. The van der Waals surface area contributed by atoms with Crippen LogP contribution < -0.4 is 5.32 Å². The molecule has 25 heavy (non-hydrogen) atoms. The summed E-state index contributed by atoms with van der Waals surface area (Å²) in [6.07, 6.45) is 3.70. The van der Waals surface area contributed by atoms with Gasteiger partial charge in [-0.25, -0.2) is 4.98 Å². The zero-order valence-corrected chi connectivity index (χ0v) is 14.8. The van der Waals surface area contributed by atoms with Crippen molar-refractivity contribution in [1.82, 2.24) is 4.98 Å². The highest BCUT2D eigenvalue weighted by Crippen LogP contribution is 2.39. The standard InChI is InChI=1S/C21H20N2OS/c1-2-6-18-14(4-1)10-15-7-8-16(11-19(15)18)20-13-25-21(23-20)22-12-17-5-3-9-24-17/h1-2,4,6-8,11,13,17H,3,5,9-10,12H2,(H,22,23)/t17-/m1/s1. The quantitative estimate of drug-likeness (QED) is 0.565. The van der Waals surface area contributed by atoms with E-state index in [1.165, 1.54) is 34.2 Å². The average molecular weight is 348 g/mol. The van der Waals surface area contributed by atoms with Gasteiger partial charge in [0.15, 0.2) is 5.13 Å². The Hall–Kier alpha value is -2.17. The number of aromatic nitrogens is 1. The van der Waals surface area contributed by atoms with Crippen LogP contribution in [0, 0.1) is 0 Å². The summed E-state index contributed by atoms with van der Waals surface area (Å²) in [7, 11) is 0. The van der Waals surface area contributed by atoms with E-state index in [-0.39, 0.29) is 0 Å². The predicted octanol–water partition coefficient (Wildman–Crippen LogP) is 4.97. The third-order valence-corrected chi connectivity index (χ3v) is 5.90. The highest BCUT2D eigenvalue weighted by Gasteiger charge is 2.19. The molecular formula is C21H20N2OS. The van der Waals surface area contributed by atoms with Crippen LogP contribution in [0.25, 0.3) is 22.4 Å². The fourth-order valence-electron chi connectivity index (χ4n) is 3.78. The number of ether oxygens (including phenoxy) is 1. The van der Waals surface area contributed by atoms with E-state index in [2.05, 4.69) is 53.2 Å². The summed E-state index contributed by atoms with van der Waals surface area (Å²) < 4.78 is 5.66. The Morgan fingerprint density at radius 3 is 2.96 bits per heavy atom. The van der Waals surface area contributed by atoms with E-state index >= 15 is 0 Å². The lowest BCUT2D eigenvalue weighted by atomic mass is 10.0. The molecule has 0 amide bonds. The molecule has 126 valence electrons. The summed E-state index contributed by atoms with van der Waals surface area (Å²) in [4.78, 5) is 4.77. The molecule has 0 saturated carbocycles. The van der Waals surface area contributed by atoms with Gasteiger partial charge in [-0.05, 0) is 47.6 Å². The van der Waals surface area contributed by atoms with E-state index < -0.39 is 0 Å². The van der Waals surface area contributed by atoms with Gasteiger partial charge < -0.3 is 10.1 Å². The molecule has 2 heterocycles.